The van der Waals surface area contributed by atoms with Crippen molar-refractivity contribution in [3.8, 4) is 0 Å². The van der Waals surface area contributed by atoms with Gasteiger partial charge in [0.25, 0.3) is 0 Å². The minimum Gasteiger partial charge on any atom is -0.366 e. The summed E-state index contributed by atoms with van der Waals surface area (Å²) in [4.78, 5) is 11.4. The molecule has 0 saturated carbocycles. The number of ether oxygens (including phenoxy) is 1. The molecule has 4 nitrogen and oxygen atoms in total. The van der Waals surface area contributed by atoms with E-state index in [1.807, 2.05) is 30.3 Å². The average Bonchev–Trinajstić information content (AvgIpc) is 2.55. The maximum Gasteiger partial charge on any atom is 0.249 e. The predicted molar refractivity (Wildman–Crippen MR) is 79.7 cm³/mol. The van der Waals surface area contributed by atoms with Crippen LogP contribution in [0.25, 0.3) is 0 Å². The number of benzene rings is 2. The van der Waals surface area contributed by atoms with E-state index in [-0.39, 0.29) is 16.7 Å². The summed E-state index contributed by atoms with van der Waals surface area (Å²) in [6, 6.07) is 14.3. The fourth-order valence-electron chi connectivity index (χ4n) is 3.07. The minimum absolute atomic E-state index is 0.273. The Kier molecular flexibility index (Phi) is 4.15. The van der Waals surface area contributed by atoms with Gasteiger partial charge in [-0.05, 0) is 29.7 Å². The molecule has 2 aromatic carbocycles. The van der Waals surface area contributed by atoms with Crippen molar-refractivity contribution in [2.24, 2.45) is 0 Å². The lowest BCUT2D eigenvalue weighted by atomic mass is 9.82. The van der Waals surface area contributed by atoms with Crippen molar-refractivity contribution in [2.45, 2.75) is 24.5 Å². The lowest BCUT2D eigenvalue weighted by Gasteiger charge is -2.33. The molecule has 5 heteroatoms. The molecule has 0 aromatic heterocycles. The van der Waals surface area contributed by atoms with Gasteiger partial charge in [-0.25, -0.2) is 4.39 Å². The monoisotopic (exact) mass is 301 g/mol. The molecule has 0 bridgehead atoms. The van der Waals surface area contributed by atoms with Crippen LogP contribution in [0.1, 0.15) is 29.6 Å². The Labute approximate surface area is 127 Å². The first-order valence-electron chi connectivity index (χ1n) is 7.22. The highest BCUT2D eigenvalue weighted by atomic mass is 19.1. The van der Waals surface area contributed by atoms with Crippen LogP contribution >= 0.6 is 0 Å². The fraction of sp³-hybridized carbons (Fsp3) is 0.294. The van der Waals surface area contributed by atoms with Gasteiger partial charge >= 0.3 is 0 Å². The highest BCUT2D eigenvalue weighted by Crippen LogP contribution is 2.39. The molecule has 0 radical (unpaired) electrons. The Morgan fingerprint density at radius 1 is 1.05 bits per heavy atom. The van der Waals surface area contributed by atoms with Gasteiger partial charge < -0.3 is 4.74 Å². The number of nitrogens with zero attached hydrogens (tertiary/aromatic N) is 1. The van der Waals surface area contributed by atoms with Gasteiger partial charge in [0.2, 0.25) is 6.04 Å². The van der Waals surface area contributed by atoms with E-state index in [9.17, 15) is 14.5 Å². The van der Waals surface area contributed by atoms with E-state index in [4.69, 9.17) is 4.74 Å². The predicted octanol–water partition coefficient (Wildman–Crippen LogP) is 3.72. The number of hydrogen-bond donors (Lipinski definition) is 0. The first-order valence-corrected chi connectivity index (χ1v) is 7.22. The van der Waals surface area contributed by atoms with E-state index < -0.39 is 12.1 Å². The average molecular weight is 301 g/mol. The minimum atomic E-state index is -0.874. The summed E-state index contributed by atoms with van der Waals surface area (Å²) in [6.45, 7) is 0.450. The van der Waals surface area contributed by atoms with Gasteiger partial charge in [0, 0.05) is 11.5 Å². The van der Waals surface area contributed by atoms with Crippen LogP contribution in [0.5, 0.6) is 0 Å². The summed E-state index contributed by atoms with van der Waals surface area (Å²) in [7, 11) is 0. The van der Waals surface area contributed by atoms with Crippen molar-refractivity contribution in [3.05, 3.63) is 81.7 Å². The Morgan fingerprint density at radius 3 is 2.36 bits per heavy atom. The fourth-order valence-corrected chi connectivity index (χ4v) is 3.07. The van der Waals surface area contributed by atoms with Crippen LogP contribution in [0, 0.1) is 15.9 Å². The van der Waals surface area contributed by atoms with Gasteiger partial charge in [-0.2, -0.15) is 0 Å². The summed E-state index contributed by atoms with van der Waals surface area (Å²) < 4.78 is 18.8. The molecule has 114 valence electrons. The molecule has 0 unspecified atom stereocenters. The third-order valence-corrected chi connectivity index (χ3v) is 4.12. The highest BCUT2D eigenvalue weighted by Gasteiger charge is 2.44. The molecule has 2 aromatic rings. The maximum atomic E-state index is 13.1. The molecule has 1 aliphatic heterocycles. The standard InChI is InChI=1S/C17H16FNO3/c18-14-8-6-12(7-9-14)15-10-11-22-17(16(15)19(20)21)13-4-2-1-3-5-13/h1-9,15-17H,10-11H2/t15-,16+,17+/m1/s1. The smallest absolute Gasteiger partial charge is 0.249 e. The molecule has 1 fully saturated rings. The van der Waals surface area contributed by atoms with E-state index in [1.54, 1.807) is 12.1 Å². The molecule has 3 atom stereocenters. The van der Waals surface area contributed by atoms with Gasteiger partial charge in [-0.15, -0.1) is 0 Å². The van der Waals surface area contributed by atoms with Crippen LogP contribution in [0.15, 0.2) is 54.6 Å². The molecule has 3 rings (SSSR count). The van der Waals surface area contributed by atoms with Crippen molar-refractivity contribution in [1.82, 2.24) is 0 Å². The summed E-state index contributed by atoms with van der Waals surface area (Å²) in [6.07, 6.45) is -0.0272. The second kappa shape index (κ2) is 6.23. The topological polar surface area (TPSA) is 52.4 Å². The summed E-state index contributed by atoms with van der Waals surface area (Å²) in [5, 5.41) is 11.6. The summed E-state index contributed by atoms with van der Waals surface area (Å²) >= 11 is 0. The van der Waals surface area contributed by atoms with Crippen LogP contribution in [-0.2, 0) is 4.74 Å². The number of hydrogen-bond acceptors (Lipinski definition) is 3. The lowest BCUT2D eigenvalue weighted by molar-refractivity contribution is -0.546. The van der Waals surface area contributed by atoms with Gasteiger partial charge in [-0.1, -0.05) is 42.5 Å². The first-order chi connectivity index (χ1) is 10.7. The normalized spacial score (nSPS) is 24.9. The van der Waals surface area contributed by atoms with Crippen molar-refractivity contribution < 1.29 is 14.1 Å². The van der Waals surface area contributed by atoms with Gasteiger partial charge in [0.15, 0.2) is 6.10 Å². The van der Waals surface area contributed by atoms with E-state index in [0.29, 0.717) is 13.0 Å². The van der Waals surface area contributed by atoms with Gasteiger partial charge in [0.05, 0.1) is 5.92 Å². The number of halogens is 1. The van der Waals surface area contributed by atoms with Crippen LogP contribution in [-0.4, -0.2) is 17.6 Å². The zero-order valence-corrected chi connectivity index (χ0v) is 11.9. The van der Waals surface area contributed by atoms with Crippen molar-refractivity contribution >= 4 is 0 Å². The molecule has 0 N–H and O–H groups in total. The van der Waals surface area contributed by atoms with Crippen LogP contribution in [0.3, 0.4) is 0 Å². The molecular weight excluding hydrogens is 285 g/mol. The molecule has 1 saturated heterocycles. The third-order valence-electron chi connectivity index (χ3n) is 4.12. The molecule has 0 amide bonds. The van der Waals surface area contributed by atoms with E-state index >= 15 is 0 Å². The number of nitro groups is 1. The summed E-state index contributed by atoms with van der Waals surface area (Å²) in [5.41, 5.74) is 1.59. The van der Waals surface area contributed by atoms with Crippen molar-refractivity contribution in [3.63, 3.8) is 0 Å². The molecule has 1 heterocycles. The molecule has 0 spiro atoms. The van der Waals surface area contributed by atoms with E-state index in [2.05, 4.69) is 0 Å². The van der Waals surface area contributed by atoms with Gasteiger partial charge in [0.1, 0.15) is 5.82 Å². The van der Waals surface area contributed by atoms with Crippen LogP contribution in [0.2, 0.25) is 0 Å². The summed E-state index contributed by atoms with van der Waals surface area (Å²) in [5.74, 6) is -0.623. The zero-order chi connectivity index (χ0) is 15.5. The Bertz CT molecular complexity index is 645. The van der Waals surface area contributed by atoms with Crippen molar-refractivity contribution in [1.29, 1.82) is 0 Å². The SMILES string of the molecule is O=[N+]([O-])[C@H]1[C@@H](c2ccc(F)cc2)CCO[C@H]1c1ccccc1. The van der Waals surface area contributed by atoms with Crippen molar-refractivity contribution in [2.75, 3.05) is 6.61 Å². The maximum absolute atomic E-state index is 13.1. The van der Waals surface area contributed by atoms with Crippen LogP contribution < -0.4 is 0 Å². The zero-order valence-electron chi connectivity index (χ0n) is 11.9. The molecule has 22 heavy (non-hydrogen) atoms. The second-order valence-electron chi connectivity index (χ2n) is 5.42. The quantitative estimate of drug-likeness (QED) is 0.641. The Balaban J connectivity index is 1.96. The highest BCUT2D eigenvalue weighted by molar-refractivity contribution is 5.26. The molecule has 1 aliphatic rings. The van der Waals surface area contributed by atoms with E-state index in [0.717, 1.165) is 11.1 Å². The molecule has 0 aliphatic carbocycles. The Hall–Kier alpha value is -2.27. The Morgan fingerprint density at radius 2 is 1.73 bits per heavy atom. The largest absolute Gasteiger partial charge is 0.366 e. The lowest BCUT2D eigenvalue weighted by Crippen LogP contribution is -2.39. The first kappa shape index (κ1) is 14.7. The second-order valence-corrected chi connectivity index (χ2v) is 5.42. The van der Waals surface area contributed by atoms with Gasteiger partial charge in [-0.3, -0.25) is 10.1 Å². The third kappa shape index (κ3) is 2.85. The molecular formula is C17H16FNO3. The van der Waals surface area contributed by atoms with E-state index in [1.165, 1.54) is 12.1 Å². The number of rotatable bonds is 3. The van der Waals surface area contributed by atoms with Crippen LogP contribution in [0.4, 0.5) is 4.39 Å².